The van der Waals surface area contributed by atoms with Gasteiger partial charge >= 0.3 is 0 Å². The Labute approximate surface area is 104 Å². The maximum absolute atomic E-state index is 5.96. The third-order valence-corrected chi connectivity index (χ3v) is 3.65. The van der Waals surface area contributed by atoms with Crippen molar-refractivity contribution >= 4 is 0 Å². The molecule has 0 aromatic carbocycles. The van der Waals surface area contributed by atoms with Crippen molar-refractivity contribution in [2.24, 2.45) is 17.6 Å². The lowest BCUT2D eigenvalue weighted by molar-refractivity contribution is 0.0984. The summed E-state index contributed by atoms with van der Waals surface area (Å²) in [5, 5.41) is 0. The van der Waals surface area contributed by atoms with Crippen molar-refractivity contribution < 1.29 is 0 Å². The van der Waals surface area contributed by atoms with E-state index in [0.29, 0.717) is 12.6 Å². The lowest BCUT2D eigenvalue weighted by atomic mass is 9.90. The molecule has 1 aliphatic rings. The third kappa shape index (κ3) is 3.05. The number of rotatable bonds is 3. The van der Waals surface area contributed by atoms with E-state index in [9.17, 15) is 0 Å². The molecule has 17 heavy (non-hydrogen) atoms. The summed E-state index contributed by atoms with van der Waals surface area (Å²) in [6.45, 7) is 7.68. The molecule has 0 saturated carbocycles. The maximum Gasteiger partial charge on any atom is 0.0471 e. The van der Waals surface area contributed by atoms with Crippen LogP contribution in [0.3, 0.4) is 0 Å². The van der Waals surface area contributed by atoms with Gasteiger partial charge in [0.05, 0.1) is 0 Å². The lowest BCUT2D eigenvalue weighted by Gasteiger charge is -2.40. The van der Waals surface area contributed by atoms with E-state index >= 15 is 0 Å². The van der Waals surface area contributed by atoms with Crippen LogP contribution >= 0.6 is 0 Å². The Morgan fingerprint density at radius 3 is 2.41 bits per heavy atom. The van der Waals surface area contributed by atoms with Gasteiger partial charge in [-0.25, -0.2) is 0 Å². The standard InChI is InChI=1S/C14H23N3/c1-11-7-12(2)10-17(9-11)14(8-15)13-3-5-16-6-4-13/h3-6,11-12,14H,7-10,15H2,1-2H3. The molecule has 3 heteroatoms. The van der Waals surface area contributed by atoms with Crippen LogP contribution in [0.5, 0.6) is 0 Å². The van der Waals surface area contributed by atoms with Gasteiger partial charge in [0.25, 0.3) is 0 Å². The molecule has 3 nitrogen and oxygen atoms in total. The third-order valence-electron chi connectivity index (χ3n) is 3.65. The fraction of sp³-hybridized carbons (Fsp3) is 0.643. The zero-order valence-electron chi connectivity index (χ0n) is 10.8. The highest BCUT2D eigenvalue weighted by Gasteiger charge is 2.27. The molecule has 0 spiro atoms. The van der Waals surface area contributed by atoms with Crippen LogP contribution in [0.4, 0.5) is 0 Å². The fourth-order valence-electron chi connectivity index (χ4n) is 3.05. The molecule has 2 N–H and O–H groups in total. The molecule has 1 saturated heterocycles. The molecule has 0 radical (unpaired) electrons. The Hall–Kier alpha value is -0.930. The number of piperidine rings is 1. The van der Waals surface area contributed by atoms with Crippen LogP contribution in [-0.4, -0.2) is 29.5 Å². The zero-order valence-corrected chi connectivity index (χ0v) is 10.8. The molecule has 0 bridgehead atoms. The van der Waals surface area contributed by atoms with Gasteiger partial charge in [0.2, 0.25) is 0 Å². The summed E-state index contributed by atoms with van der Waals surface area (Å²) in [5.74, 6) is 1.55. The van der Waals surface area contributed by atoms with Crippen molar-refractivity contribution in [1.29, 1.82) is 0 Å². The molecular weight excluding hydrogens is 210 g/mol. The second-order valence-corrected chi connectivity index (χ2v) is 5.43. The Kier molecular flexibility index (Phi) is 4.13. The minimum absolute atomic E-state index is 0.350. The number of nitrogens with zero attached hydrogens (tertiary/aromatic N) is 2. The summed E-state index contributed by atoms with van der Waals surface area (Å²) in [7, 11) is 0. The molecule has 94 valence electrons. The van der Waals surface area contributed by atoms with E-state index in [-0.39, 0.29) is 0 Å². The van der Waals surface area contributed by atoms with E-state index in [0.717, 1.165) is 24.9 Å². The van der Waals surface area contributed by atoms with E-state index < -0.39 is 0 Å². The van der Waals surface area contributed by atoms with Gasteiger partial charge in [0, 0.05) is 38.1 Å². The van der Waals surface area contributed by atoms with Crippen LogP contribution in [0.25, 0.3) is 0 Å². The average molecular weight is 233 g/mol. The van der Waals surface area contributed by atoms with Crippen LogP contribution < -0.4 is 5.73 Å². The summed E-state index contributed by atoms with van der Waals surface area (Å²) < 4.78 is 0. The molecule has 1 fully saturated rings. The molecule has 3 unspecified atom stereocenters. The summed E-state index contributed by atoms with van der Waals surface area (Å²) in [5.41, 5.74) is 7.26. The first-order chi connectivity index (χ1) is 8.20. The summed E-state index contributed by atoms with van der Waals surface area (Å²) in [6, 6.07) is 4.52. The Bertz CT molecular complexity index is 329. The topological polar surface area (TPSA) is 42.1 Å². The first kappa shape index (κ1) is 12.5. The van der Waals surface area contributed by atoms with Gasteiger partial charge < -0.3 is 5.73 Å². The molecule has 3 atom stereocenters. The normalized spacial score (nSPS) is 27.9. The predicted octanol–water partition coefficient (Wildman–Crippen LogP) is 2.06. The Balaban J connectivity index is 2.13. The molecule has 0 aliphatic carbocycles. The van der Waals surface area contributed by atoms with Crippen LogP contribution in [0, 0.1) is 11.8 Å². The van der Waals surface area contributed by atoms with Crippen LogP contribution in [0.2, 0.25) is 0 Å². The van der Waals surface area contributed by atoms with E-state index in [4.69, 9.17) is 5.73 Å². The quantitative estimate of drug-likeness (QED) is 0.869. The smallest absolute Gasteiger partial charge is 0.0471 e. The maximum atomic E-state index is 5.96. The lowest BCUT2D eigenvalue weighted by Crippen LogP contribution is -2.43. The van der Waals surface area contributed by atoms with E-state index in [2.05, 4.69) is 35.9 Å². The minimum atomic E-state index is 0.350. The first-order valence-electron chi connectivity index (χ1n) is 6.54. The van der Waals surface area contributed by atoms with Crippen LogP contribution in [0.15, 0.2) is 24.5 Å². The van der Waals surface area contributed by atoms with Gasteiger partial charge in [-0.05, 0) is 36.0 Å². The molecule has 0 amide bonds. The van der Waals surface area contributed by atoms with Crippen LogP contribution in [0.1, 0.15) is 31.9 Å². The van der Waals surface area contributed by atoms with E-state index in [1.165, 1.54) is 12.0 Å². The highest BCUT2D eigenvalue weighted by molar-refractivity contribution is 5.16. The number of hydrogen-bond acceptors (Lipinski definition) is 3. The van der Waals surface area contributed by atoms with Crippen molar-refractivity contribution in [1.82, 2.24) is 9.88 Å². The van der Waals surface area contributed by atoms with E-state index in [1.54, 1.807) is 0 Å². The number of hydrogen-bond donors (Lipinski definition) is 1. The predicted molar refractivity (Wildman–Crippen MR) is 70.6 cm³/mol. The van der Waals surface area contributed by atoms with Gasteiger partial charge in [-0.3, -0.25) is 9.88 Å². The SMILES string of the molecule is CC1CC(C)CN(C(CN)c2ccncc2)C1. The van der Waals surface area contributed by atoms with Crippen molar-refractivity contribution in [2.75, 3.05) is 19.6 Å². The average Bonchev–Trinajstić information content (AvgIpc) is 2.30. The monoisotopic (exact) mass is 233 g/mol. The molecule has 2 rings (SSSR count). The second kappa shape index (κ2) is 5.61. The Morgan fingerprint density at radius 1 is 1.29 bits per heavy atom. The fourth-order valence-corrected chi connectivity index (χ4v) is 3.05. The molecule has 1 aromatic rings. The Morgan fingerprint density at radius 2 is 1.88 bits per heavy atom. The first-order valence-corrected chi connectivity index (χ1v) is 6.54. The van der Waals surface area contributed by atoms with Crippen molar-refractivity contribution in [3.8, 4) is 0 Å². The van der Waals surface area contributed by atoms with Crippen molar-refractivity contribution in [3.05, 3.63) is 30.1 Å². The largest absolute Gasteiger partial charge is 0.329 e. The van der Waals surface area contributed by atoms with E-state index in [1.807, 2.05) is 12.4 Å². The number of nitrogens with two attached hydrogens (primary N) is 1. The van der Waals surface area contributed by atoms with Gasteiger partial charge in [0.1, 0.15) is 0 Å². The summed E-state index contributed by atoms with van der Waals surface area (Å²) in [4.78, 5) is 6.61. The molecule has 2 heterocycles. The van der Waals surface area contributed by atoms with Gasteiger partial charge in [-0.1, -0.05) is 13.8 Å². The van der Waals surface area contributed by atoms with Crippen molar-refractivity contribution in [3.63, 3.8) is 0 Å². The number of likely N-dealkylation sites (tertiary alicyclic amines) is 1. The van der Waals surface area contributed by atoms with Gasteiger partial charge in [0.15, 0.2) is 0 Å². The van der Waals surface area contributed by atoms with Gasteiger partial charge in [-0.2, -0.15) is 0 Å². The number of aromatic nitrogens is 1. The van der Waals surface area contributed by atoms with Crippen molar-refractivity contribution in [2.45, 2.75) is 26.3 Å². The minimum Gasteiger partial charge on any atom is -0.329 e. The zero-order chi connectivity index (χ0) is 12.3. The second-order valence-electron chi connectivity index (χ2n) is 5.43. The summed E-state index contributed by atoms with van der Waals surface area (Å²) >= 11 is 0. The van der Waals surface area contributed by atoms with Crippen LogP contribution in [-0.2, 0) is 0 Å². The molecule has 1 aromatic heterocycles. The summed E-state index contributed by atoms with van der Waals surface area (Å²) in [6.07, 6.45) is 5.05. The molecular formula is C14H23N3. The highest BCUT2D eigenvalue weighted by Crippen LogP contribution is 2.28. The van der Waals surface area contributed by atoms with Gasteiger partial charge in [-0.15, -0.1) is 0 Å². The molecule has 1 aliphatic heterocycles. The highest BCUT2D eigenvalue weighted by atomic mass is 15.2. The number of pyridine rings is 1.